The Kier molecular flexibility index (Phi) is 2.15. The number of hydrogen-bond acceptors (Lipinski definition) is 5. The van der Waals surface area contributed by atoms with Crippen molar-refractivity contribution in [2.75, 3.05) is 0 Å². The van der Waals surface area contributed by atoms with E-state index in [9.17, 15) is 0 Å². The van der Waals surface area contributed by atoms with Crippen LogP contribution in [0.3, 0.4) is 0 Å². The Hall–Kier alpha value is -0.200. The molecule has 0 heterocycles. The van der Waals surface area contributed by atoms with Crippen molar-refractivity contribution in [3.8, 4) is 0 Å². The highest BCUT2D eigenvalue weighted by atomic mass is 16.6. The summed E-state index contributed by atoms with van der Waals surface area (Å²) in [5.41, 5.74) is 4.53. The SMILES string of the molecule is CCC(O)(O)C(N)(O)O. The van der Waals surface area contributed by atoms with Gasteiger partial charge in [-0.2, -0.15) is 0 Å². The average molecular weight is 137 g/mol. The highest BCUT2D eigenvalue weighted by molar-refractivity contribution is 4.73. The molecule has 0 aromatic heterocycles. The summed E-state index contributed by atoms with van der Waals surface area (Å²) in [6.45, 7) is 1.36. The summed E-state index contributed by atoms with van der Waals surface area (Å²) >= 11 is 0. The van der Waals surface area contributed by atoms with Gasteiger partial charge in [0.1, 0.15) is 0 Å². The van der Waals surface area contributed by atoms with Crippen molar-refractivity contribution in [3.63, 3.8) is 0 Å². The van der Waals surface area contributed by atoms with Gasteiger partial charge in [-0.05, 0) is 0 Å². The van der Waals surface area contributed by atoms with Crippen LogP contribution in [0.25, 0.3) is 0 Å². The van der Waals surface area contributed by atoms with E-state index in [1.807, 2.05) is 0 Å². The van der Waals surface area contributed by atoms with E-state index in [-0.39, 0.29) is 6.42 Å². The molecular formula is C4H11NO4. The molecule has 0 saturated carbocycles. The Bertz CT molecular complexity index is 95.2. The predicted molar refractivity (Wildman–Crippen MR) is 28.8 cm³/mol. The molecule has 0 aromatic rings. The van der Waals surface area contributed by atoms with Crippen LogP contribution in [0.15, 0.2) is 0 Å². The Balaban J connectivity index is 4.14. The minimum absolute atomic E-state index is 0.253. The molecule has 0 aliphatic carbocycles. The summed E-state index contributed by atoms with van der Waals surface area (Å²) in [6.07, 6.45) is -0.253. The lowest BCUT2D eigenvalue weighted by molar-refractivity contribution is -0.354. The molecule has 6 N–H and O–H groups in total. The van der Waals surface area contributed by atoms with E-state index in [0.717, 1.165) is 0 Å². The Morgan fingerprint density at radius 1 is 1.22 bits per heavy atom. The zero-order valence-corrected chi connectivity index (χ0v) is 5.07. The van der Waals surface area contributed by atoms with E-state index in [4.69, 9.17) is 20.4 Å². The molecule has 0 fully saturated rings. The van der Waals surface area contributed by atoms with Crippen LogP contribution in [-0.2, 0) is 0 Å². The first-order valence-electron chi connectivity index (χ1n) is 2.49. The second kappa shape index (κ2) is 2.20. The van der Waals surface area contributed by atoms with Gasteiger partial charge >= 0.3 is 0 Å². The van der Waals surface area contributed by atoms with E-state index >= 15 is 0 Å². The maximum Gasteiger partial charge on any atom is 0.276 e. The molecular weight excluding hydrogens is 126 g/mol. The van der Waals surface area contributed by atoms with Crippen molar-refractivity contribution in [1.82, 2.24) is 0 Å². The van der Waals surface area contributed by atoms with E-state index < -0.39 is 11.7 Å². The zero-order valence-electron chi connectivity index (χ0n) is 5.07. The molecule has 0 aliphatic heterocycles. The quantitative estimate of drug-likeness (QED) is 0.274. The topological polar surface area (TPSA) is 107 Å². The lowest BCUT2D eigenvalue weighted by Crippen LogP contribution is -2.60. The molecule has 0 aliphatic rings. The minimum atomic E-state index is -2.94. The van der Waals surface area contributed by atoms with Crippen molar-refractivity contribution in [1.29, 1.82) is 0 Å². The second-order valence-electron chi connectivity index (χ2n) is 1.90. The number of nitrogens with two attached hydrogens (primary N) is 1. The summed E-state index contributed by atoms with van der Waals surface area (Å²) in [4.78, 5) is 0. The van der Waals surface area contributed by atoms with Crippen LogP contribution >= 0.6 is 0 Å². The van der Waals surface area contributed by atoms with Gasteiger partial charge in [0.05, 0.1) is 0 Å². The fourth-order valence-corrected chi connectivity index (χ4v) is 0.260. The van der Waals surface area contributed by atoms with Crippen molar-refractivity contribution in [3.05, 3.63) is 0 Å². The van der Waals surface area contributed by atoms with Crippen molar-refractivity contribution in [2.45, 2.75) is 25.0 Å². The normalized spacial score (nSPS) is 14.0. The smallest absolute Gasteiger partial charge is 0.276 e. The maximum absolute atomic E-state index is 8.59. The van der Waals surface area contributed by atoms with Crippen LogP contribution in [0.1, 0.15) is 13.3 Å². The van der Waals surface area contributed by atoms with E-state index in [1.165, 1.54) is 6.92 Å². The van der Waals surface area contributed by atoms with Crippen LogP contribution in [0.2, 0.25) is 0 Å². The first-order chi connectivity index (χ1) is 3.81. The largest absolute Gasteiger partial charge is 0.360 e. The van der Waals surface area contributed by atoms with Gasteiger partial charge in [-0.15, -0.1) is 0 Å². The van der Waals surface area contributed by atoms with Gasteiger partial charge in [-0.1, -0.05) is 6.92 Å². The lowest BCUT2D eigenvalue weighted by atomic mass is 10.1. The van der Waals surface area contributed by atoms with Crippen LogP contribution < -0.4 is 5.73 Å². The minimum Gasteiger partial charge on any atom is -0.360 e. The fourth-order valence-electron chi connectivity index (χ4n) is 0.260. The zero-order chi connectivity index (χ0) is 7.71. The molecule has 0 spiro atoms. The number of rotatable bonds is 2. The molecule has 0 unspecified atom stereocenters. The van der Waals surface area contributed by atoms with Gasteiger partial charge in [-0.25, -0.2) is 0 Å². The third-order valence-corrected chi connectivity index (χ3v) is 1.08. The third kappa shape index (κ3) is 1.88. The number of hydrogen-bond donors (Lipinski definition) is 5. The highest BCUT2D eigenvalue weighted by Gasteiger charge is 2.42. The molecule has 9 heavy (non-hydrogen) atoms. The Labute approximate surface area is 52.4 Å². The van der Waals surface area contributed by atoms with Gasteiger partial charge in [0, 0.05) is 6.42 Å². The first-order valence-corrected chi connectivity index (χ1v) is 2.49. The van der Waals surface area contributed by atoms with Gasteiger partial charge in [0.2, 0.25) is 5.79 Å². The summed E-state index contributed by atoms with van der Waals surface area (Å²) in [6, 6.07) is 0. The third-order valence-electron chi connectivity index (χ3n) is 1.08. The molecule has 5 heteroatoms. The molecule has 0 aromatic carbocycles. The van der Waals surface area contributed by atoms with Crippen molar-refractivity contribution < 1.29 is 20.4 Å². The second-order valence-corrected chi connectivity index (χ2v) is 1.90. The Morgan fingerprint density at radius 2 is 1.56 bits per heavy atom. The summed E-state index contributed by atoms with van der Waals surface area (Å²) in [5.74, 6) is -5.57. The van der Waals surface area contributed by atoms with Crippen LogP contribution in [0, 0.1) is 0 Å². The standard InChI is InChI=1S/C4H11NO4/c1-2-3(6,7)4(5,8)9/h6-9H,2,5H2,1H3. The monoisotopic (exact) mass is 137 g/mol. The Morgan fingerprint density at radius 3 is 1.56 bits per heavy atom. The molecule has 0 radical (unpaired) electrons. The van der Waals surface area contributed by atoms with Gasteiger partial charge in [0.25, 0.3) is 5.91 Å². The van der Waals surface area contributed by atoms with Crippen molar-refractivity contribution >= 4 is 0 Å². The van der Waals surface area contributed by atoms with Crippen LogP contribution in [0.5, 0.6) is 0 Å². The molecule has 0 amide bonds. The molecule has 0 atom stereocenters. The first kappa shape index (κ1) is 8.80. The van der Waals surface area contributed by atoms with Crippen molar-refractivity contribution in [2.24, 2.45) is 5.73 Å². The van der Waals surface area contributed by atoms with Crippen LogP contribution in [-0.4, -0.2) is 32.1 Å². The van der Waals surface area contributed by atoms with Crippen LogP contribution in [0.4, 0.5) is 0 Å². The molecule has 5 nitrogen and oxygen atoms in total. The summed E-state index contributed by atoms with van der Waals surface area (Å²) in [5, 5.41) is 33.9. The molecule has 0 rings (SSSR count). The fraction of sp³-hybridized carbons (Fsp3) is 1.00. The van der Waals surface area contributed by atoms with E-state index in [2.05, 4.69) is 5.73 Å². The number of aliphatic hydroxyl groups is 4. The molecule has 56 valence electrons. The van der Waals surface area contributed by atoms with Gasteiger partial charge in [-0.3, -0.25) is 5.73 Å². The molecule has 0 saturated heterocycles. The van der Waals surface area contributed by atoms with E-state index in [1.54, 1.807) is 0 Å². The van der Waals surface area contributed by atoms with Gasteiger partial charge in [0.15, 0.2) is 0 Å². The summed E-state index contributed by atoms with van der Waals surface area (Å²) in [7, 11) is 0. The van der Waals surface area contributed by atoms with E-state index in [0.29, 0.717) is 0 Å². The predicted octanol–water partition coefficient (Wildman–Crippen LogP) is -2.33. The average Bonchev–Trinajstić information content (AvgIpc) is 1.64. The summed E-state index contributed by atoms with van der Waals surface area (Å²) < 4.78 is 0. The van der Waals surface area contributed by atoms with Gasteiger partial charge < -0.3 is 20.4 Å². The molecule has 0 bridgehead atoms. The maximum atomic E-state index is 8.59. The lowest BCUT2D eigenvalue weighted by Gasteiger charge is -2.29. The highest BCUT2D eigenvalue weighted by Crippen LogP contribution is 2.14.